The Hall–Kier alpha value is -1.81. The molecule has 96 valence electrons. The maximum atomic E-state index is 11.4. The molecule has 0 saturated carbocycles. The highest BCUT2D eigenvalue weighted by atomic mass is 16.5. The van der Waals surface area contributed by atoms with Gasteiger partial charge in [0.25, 0.3) is 0 Å². The van der Waals surface area contributed by atoms with Gasteiger partial charge in [0.1, 0.15) is 11.3 Å². The Morgan fingerprint density at radius 1 is 1.28 bits per heavy atom. The lowest BCUT2D eigenvalue weighted by molar-refractivity contribution is -0.0145. The summed E-state index contributed by atoms with van der Waals surface area (Å²) in [4.78, 5) is 11.4. The van der Waals surface area contributed by atoms with Crippen molar-refractivity contribution in [2.45, 2.75) is 33.0 Å². The fourth-order valence-electron chi connectivity index (χ4n) is 1.63. The van der Waals surface area contributed by atoms with Crippen LogP contribution >= 0.6 is 0 Å². The molecule has 0 aliphatic heterocycles. The first-order chi connectivity index (χ1) is 8.35. The Morgan fingerprint density at radius 3 is 2.67 bits per heavy atom. The molecule has 1 aromatic heterocycles. The minimum Gasteiger partial charge on any atom is -0.508 e. The van der Waals surface area contributed by atoms with Crippen LogP contribution in [0.1, 0.15) is 26.3 Å². The summed E-state index contributed by atoms with van der Waals surface area (Å²) >= 11 is 0. The fourth-order valence-corrected chi connectivity index (χ4v) is 1.63. The van der Waals surface area contributed by atoms with E-state index in [0.29, 0.717) is 12.2 Å². The van der Waals surface area contributed by atoms with Crippen LogP contribution in [0.25, 0.3) is 11.0 Å². The van der Waals surface area contributed by atoms with Crippen molar-refractivity contribution in [3.05, 3.63) is 40.2 Å². The Kier molecular flexibility index (Phi) is 3.13. The number of fused-ring (bicyclic) bond motifs is 1. The van der Waals surface area contributed by atoms with Gasteiger partial charge in [-0.05, 0) is 38.5 Å². The molecule has 0 unspecified atom stereocenters. The minimum atomic E-state index is -0.444. The summed E-state index contributed by atoms with van der Waals surface area (Å²) < 4.78 is 10.7. The highest BCUT2D eigenvalue weighted by Crippen LogP contribution is 2.23. The Labute approximate surface area is 105 Å². The normalized spacial score (nSPS) is 11.9. The first-order valence-corrected chi connectivity index (χ1v) is 5.75. The molecule has 1 heterocycles. The standard InChI is InChI=1S/C14H16O4/c1-14(2,3)17-8-9-6-13(16)18-12-7-10(15)4-5-11(9)12/h4-7,15H,8H2,1-3H3. The summed E-state index contributed by atoms with van der Waals surface area (Å²) in [6.07, 6.45) is 0. The maximum absolute atomic E-state index is 11.4. The largest absolute Gasteiger partial charge is 0.508 e. The van der Waals surface area contributed by atoms with Crippen LogP contribution in [0.3, 0.4) is 0 Å². The Balaban J connectivity index is 2.46. The van der Waals surface area contributed by atoms with E-state index in [1.807, 2.05) is 20.8 Å². The van der Waals surface area contributed by atoms with Crippen molar-refractivity contribution < 1.29 is 14.3 Å². The molecule has 0 amide bonds. The molecule has 2 aromatic rings. The van der Waals surface area contributed by atoms with E-state index in [9.17, 15) is 9.90 Å². The zero-order valence-corrected chi connectivity index (χ0v) is 10.7. The van der Waals surface area contributed by atoms with E-state index in [-0.39, 0.29) is 11.4 Å². The first-order valence-electron chi connectivity index (χ1n) is 5.75. The molecule has 0 atom stereocenters. The second-order valence-electron chi connectivity index (χ2n) is 5.17. The van der Waals surface area contributed by atoms with E-state index in [2.05, 4.69) is 0 Å². The SMILES string of the molecule is CC(C)(C)OCc1cc(=O)oc2cc(O)ccc12. The average molecular weight is 248 g/mol. The monoisotopic (exact) mass is 248 g/mol. The van der Waals surface area contributed by atoms with Gasteiger partial charge in [-0.25, -0.2) is 4.79 Å². The van der Waals surface area contributed by atoms with Crippen molar-refractivity contribution in [2.24, 2.45) is 0 Å². The number of ether oxygens (including phenoxy) is 1. The van der Waals surface area contributed by atoms with Gasteiger partial charge in [0.15, 0.2) is 0 Å². The molecular weight excluding hydrogens is 232 g/mol. The third-order valence-electron chi connectivity index (χ3n) is 2.47. The summed E-state index contributed by atoms with van der Waals surface area (Å²) in [7, 11) is 0. The molecule has 1 aromatic carbocycles. The molecule has 0 fully saturated rings. The Morgan fingerprint density at radius 2 is 2.00 bits per heavy atom. The van der Waals surface area contributed by atoms with Crippen LogP contribution in [0, 0.1) is 0 Å². The Bertz CT molecular complexity index is 620. The summed E-state index contributed by atoms with van der Waals surface area (Å²) in [5.74, 6) is 0.0690. The van der Waals surface area contributed by atoms with Crippen molar-refractivity contribution >= 4 is 11.0 Å². The number of rotatable bonds is 2. The van der Waals surface area contributed by atoms with E-state index < -0.39 is 5.63 Å². The van der Waals surface area contributed by atoms with Crippen LogP contribution < -0.4 is 5.63 Å². The molecule has 4 nitrogen and oxygen atoms in total. The van der Waals surface area contributed by atoms with Crippen LogP contribution in [-0.4, -0.2) is 10.7 Å². The number of phenols is 1. The third-order valence-corrected chi connectivity index (χ3v) is 2.47. The average Bonchev–Trinajstić information content (AvgIpc) is 2.24. The van der Waals surface area contributed by atoms with E-state index in [4.69, 9.17) is 9.15 Å². The fraction of sp³-hybridized carbons (Fsp3) is 0.357. The number of hydrogen-bond acceptors (Lipinski definition) is 4. The second kappa shape index (κ2) is 4.46. The van der Waals surface area contributed by atoms with Crippen LogP contribution in [0.4, 0.5) is 0 Å². The van der Waals surface area contributed by atoms with E-state index >= 15 is 0 Å². The van der Waals surface area contributed by atoms with Gasteiger partial charge in [-0.3, -0.25) is 0 Å². The number of hydrogen-bond donors (Lipinski definition) is 1. The van der Waals surface area contributed by atoms with Gasteiger partial charge in [-0.2, -0.15) is 0 Å². The molecular formula is C14H16O4. The molecule has 0 bridgehead atoms. The van der Waals surface area contributed by atoms with Gasteiger partial charge in [0, 0.05) is 17.5 Å². The van der Waals surface area contributed by atoms with Crippen LogP contribution in [0.2, 0.25) is 0 Å². The lowest BCUT2D eigenvalue weighted by atomic mass is 10.1. The summed E-state index contributed by atoms with van der Waals surface area (Å²) in [6.45, 7) is 6.18. The van der Waals surface area contributed by atoms with Crippen LogP contribution in [-0.2, 0) is 11.3 Å². The molecule has 0 aliphatic rings. The van der Waals surface area contributed by atoms with Crippen molar-refractivity contribution in [3.8, 4) is 5.75 Å². The predicted molar refractivity (Wildman–Crippen MR) is 68.7 cm³/mol. The highest BCUT2D eigenvalue weighted by Gasteiger charge is 2.13. The zero-order valence-electron chi connectivity index (χ0n) is 10.7. The molecule has 2 rings (SSSR count). The van der Waals surface area contributed by atoms with Gasteiger partial charge >= 0.3 is 5.63 Å². The summed E-state index contributed by atoms with van der Waals surface area (Å²) in [6, 6.07) is 6.13. The van der Waals surface area contributed by atoms with Gasteiger partial charge in [0.2, 0.25) is 0 Å². The lowest BCUT2D eigenvalue weighted by Crippen LogP contribution is -2.19. The summed E-state index contributed by atoms with van der Waals surface area (Å²) in [5.41, 5.74) is 0.408. The third kappa shape index (κ3) is 2.90. The predicted octanol–water partition coefficient (Wildman–Crippen LogP) is 2.81. The number of phenolic OH excluding ortho intramolecular Hbond substituents is 1. The van der Waals surface area contributed by atoms with Gasteiger partial charge in [-0.15, -0.1) is 0 Å². The highest BCUT2D eigenvalue weighted by molar-refractivity contribution is 5.81. The van der Waals surface area contributed by atoms with Crippen LogP contribution in [0.15, 0.2) is 33.5 Å². The van der Waals surface area contributed by atoms with Crippen molar-refractivity contribution in [2.75, 3.05) is 0 Å². The molecule has 1 N–H and O–H groups in total. The topological polar surface area (TPSA) is 59.7 Å². The summed E-state index contributed by atoms with van der Waals surface area (Å²) in [5, 5.41) is 10.2. The molecule has 18 heavy (non-hydrogen) atoms. The lowest BCUT2D eigenvalue weighted by Gasteiger charge is -2.19. The van der Waals surface area contributed by atoms with Crippen molar-refractivity contribution in [1.82, 2.24) is 0 Å². The van der Waals surface area contributed by atoms with E-state index in [1.165, 1.54) is 12.1 Å². The second-order valence-corrected chi connectivity index (χ2v) is 5.17. The van der Waals surface area contributed by atoms with E-state index in [0.717, 1.165) is 10.9 Å². The van der Waals surface area contributed by atoms with Gasteiger partial charge < -0.3 is 14.3 Å². The van der Waals surface area contributed by atoms with Crippen molar-refractivity contribution in [3.63, 3.8) is 0 Å². The molecule has 0 spiro atoms. The van der Waals surface area contributed by atoms with Gasteiger partial charge in [-0.1, -0.05) is 0 Å². The molecule has 0 aliphatic carbocycles. The molecule has 0 radical (unpaired) electrons. The first kappa shape index (κ1) is 12.6. The maximum Gasteiger partial charge on any atom is 0.336 e. The van der Waals surface area contributed by atoms with Gasteiger partial charge in [0.05, 0.1) is 12.2 Å². The number of benzene rings is 1. The quantitative estimate of drug-likeness (QED) is 0.830. The van der Waals surface area contributed by atoms with Crippen molar-refractivity contribution in [1.29, 1.82) is 0 Å². The smallest absolute Gasteiger partial charge is 0.336 e. The van der Waals surface area contributed by atoms with E-state index in [1.54, 1.807) is 12.1 Å². The minimum absolute atomic E-state index is 0.0690. The van der Waals surface area contributed by atoms with Crippen LogP contribution in [0.5, 0.6) is 5.75 Å². The molecule has 0 saturated heterocycles. The zero-order chi connectivity index (χ0) is 13.3. The number of aromatic hydroxyl groups is 1. The molecule has 4 heteroatoms.